The van der Waals surface area contributed by atoms with E-state index in [-0.39, 0.29) is 11.4 Å². The number of fused-ring (bicyclic) bond motifs is 1. The molecule has 4 nitrogen and oxygen atoms in total. The number of para-hydroxylation sites is 1. The Bertz CT molecular complexity index is 432. The van der Waals surface area contributed by atoms with E-state index in [0.717, 1.165) is 11.3 Å². The van der Waals surface area contributed by atoms with Crippen LogP contribution in [0.3, 0.4) is 0 Å². The third kappa shape index (κ3) is 2.20. The van der Waals surface area contributed by atoms with Crippen LogP contribution in [-0.4, -0.2) is 36.0 Å². The summed E-state index contributed by atoms with van der Waals surface area (Å²) < 4.78 is 5.70. The van der Waals surface area contributed by atoms with Gasteiger partial charge in [0.1, 0.15) is 5.75 Å². The molecule has 2 N–H and O–H groups in total. The molecule has 1 atom stereocenters. The van der Waals surface area contributed by atoms with Crippen LogP contribution in [0.2, 0.25) is 0 Å². The molecule has 1 aliphatic rings. The van der Waals surface area contributed by atoms with E-state index in [1.54, 1.807) is 11.9 Å². The lowest BCUT2D eigenvalue weighted by Crippen LogP contribution is -2.53. The highest BCUT2D eigenvalue weighted by Crippen LogP contribution is 2.29. The second-order valence-corrected chi connectivity index (χ2v) is 5.33. The van der Waals surface area contributed by atoms with Crippen LogP contribution in [0.15, 0.2) is 24.3 Å². The molecule has 0 spiro atoms. The van der Waals surface area contributed by atoms with Gasteiger partial charge in [-0.15, -0.1) is 0 Å². The van der Waals surface area contributed by atoms with E-state index in [1.807, 2.05) is 38.1 Å². The van der Waals surface area contributed by atoms with Crippen LogP contribution < -0.4 is 10.5 Å². The van der Waals surface area contributed by atoms with Crippen molar-refractivity contribution in [3.05, 3.63) is 29.8 Å². The minimum Gasteiger partial charge on any atom is -0.480 e. The predicted molar refractivity (Wildman–Crippen MR) is 70.5 cm³/mol. The Kier molecular flexibility index (Phi) is 3.30. The summed E-state index contributed by atoms with van der Waals surface area (Å²) in [5, 5.41) is 0. The summed E-state index contributed by atoms with van der Waals surface area (Å²) in [6, 6.07) is 7.77. The van der Waals surface area contributed by atoms with Crippen molar-refractivity contribution in [2.24, 2.45) is 5.73 Å². The zero-order valence-corrected chi connectivity index (χ0v) is 11.1. The maximum absolute atomic E-state index is 12.4. The maximum Gasteiger partial charge on any atom is 0.264 e. The van der Waals surface area contributed by atoms with E-state index in [4.69, 9.17) is 10.5 Å². The lowest BCUT2D eigenvalue weighted by atomic mass is 10.0. The molecule has 1 heterocycles. The average molecular weight is 248 g/mol. The normalized spacial score (nSPS) is 18.1. The quantitative estimate of drug-likeness (QED) is 0.874. The van der Waals surface area contributed by atoms with E-state index in [0.29, 0.717) is 13.0 Å². The summed E-state index contributed by atoms with van der Waals surface area (Å²) in [6.45, 7) is 4.33. The topological polar surface area (TPSA) is 55.6 Å². The Morgan fingerprint density at radius 3 is 2.78 bits per heavy atom. The van der Waals surface area contributed by atoms with Gasteiger partial charge in [0.2, 0.25) is 0 Å². The monoisotopic (exact) mass is 248 g/mol. The highest BCUT2D eigenvalue weighted by atomic mass is 16.5. The Morgan fingerprint density at radius 1 is 1.50 bits per heavy atom. The van der Waals surface area contributed by atoms with Crippen LogP contribution in [0.25, 0.3) is 0 Å². The summed E-state index contributed by atoms with van der Waals surface area (Å²) in [7, 11) is 1.78. The highest BCUT2D eigenvalue weighted by Gasteiger charge is 2.35. The van der Waals surface area contributed by atoms with Crippen LogP contribution in [0.5, 0.6) is 5.75 Å². The smallest absolute Gasteiger partial charge is 0.264 e. The molecule has 0 radical (unpaired) electrons. The van der Waals surface area contributed by atoms with Gasteiger partial charge in [-0.1, -0.05) is 18.2 Å². The van der Waals surface area contributed by atoms with E-state index in [1.165, 1.54) is 0 Å². The molecule has 1 aromatic carbocycles. The molecular formula is C14H20N2O2. The molecule has 0 saturated heterocycles. The fourth-order valence-corrected chi connectivity index (χ4v) is 1.97. The van der Waals surface area contributed by atoms with Gasteiger partial charge < -0.3 is 15.4 Å². The van der Waals surface area contributed by atoms with Crippen molar-refractivity contribution >= 4 is 5.91 Å². The molecule has 2 rings (SSSR count). The fraction of sp³-hybridized carbons (Fsp3) is 0.500. The number of nitrogens with zero attached hydrogens (tertiary/aromatic N) is 1. The Balaban J connectivity index is 2.10. The van der Waals surface area contributed by atoms with Crippen LogP contribution >= 0.6 is 0 Å². The van der Waals surface area contributed by atoms with Crippen LogP contribution in [0.4, 0.5) is 0 Å². The molecule has 4 heteroatoms. The first-order valence-electron chi connectivity index (χ1n) is 6.18. The second-order valence-electron chi connectivity index (χ2n) is 5.33. The molecule has 0 fully saturated rings. The summed E-state index contributed by atoms with van der Waals surface area (Å²) in [6.07, 6.45) is 0.221. The molecule has 0 bridgehead atoms. The van der Waals surface area contributed by atoms with Crippen molar-refractivity contribution in [3.8, 4) is 5.75 Å². The number of hydrogen-bond acceptors (Lipinski definition) is 3. The molecule has 0 aromatic heterocycles. The number of rotatable bonds is 3. The predicted octanol–water partition coefficient (Wildman–Crippen LogP) is 1.19. The third-order valence-electron chi connectivity index (χ3n) is 3.66. The zero-order chi connectivity index (χ0) is 13.3. The van der Waals surface area contributed by atoms with Gasteiger partial charge in [0.15, 0.2) is 6.10 Å². The van der Waals surface area contributed by atoms with E-state index in [2.05, 4.69) is 0 Å². The maximum atomic E-state index is 12.4. The zero-order valence-electron chi connectivity index (χ0n) is 11.1. The Labute approximate surface area is 108 Å². The number of hydrogen-bond donors (Lipinski definition) is 1. The van der Waals surface area contributed by atoms with Gasteiger partial charge in [0.25, 0.3) is 5.91 Å². The molecule has 18 heavy (non-hydrogen) atoms. The van der Waals surface area contributed by atoms with Gasteiger partial charge in [0.05, 0.1) is 0 Å². The number of amides is 1. The van der Waals surface area contributed by atoms with Crippen molar-refractivity contribution in [1.29, 1.82) is 0 Å². The SMILES string of the molecule is CN(C(=O)C1Cc2ccccc2O1)C(C)(C)CN. The first-order valence-corrected chi connectivity index (χ1v) is 6.18. The van der Waals surface area contributed by atoms with E-state index in [9.17, 15) is 4.79 Å². The lowest BCUT2D eigenvalue weighted by molar-refractivity contribution is -0.141. The number of ether oxygens (including phenoxy) is 1. The van der Waals surface area contributed by atoms with E-state index >= 15 is 0 Å². The minimum atomic E-state index is -0.418. The molecule has 0 saturated carbocycles. The number of likely N-dealkylation sites (N-methyl/N-ethyl adjacent to an activating group) is 1. The largest absolute Gasteiger partial charge is 0.480 e. The second kappa shape index (κ2) is 4.61. The summed E-state index contributed by atoms with van der Waals surface area (Å²) in [4.78, 5) is 14.0. The molecule has 1 aromatic rings. The summed E-state index contributed by atoms with van der Waals surface area (Å²) in [5.74, 6) is 0.802. The van der Waals surface area contributed by atoms with Crippen molar-refractivity contribution in [2.45, 2.75) is 31.9 Å². The van der Waals surface area contributed by atoms with Crippen LogP contribution in [0, 0.1) is 0 Å². The van der Waals surface area contributed by atoms with Crippen LogP contribution in [-0.2, 0) is 11.2 Å². The molecule has 98 valence electrons. The number of carbonyl (C=O) groups excluding carboxylic acids is 1. The molecule has 1 amide bonds. The first kappa shape index (κ1) is 12.9. The minimum absolute atomic E-state index is 0.0124. The van der Waals surface area contributed by atoms with Crippen molar-refractivity contribution in [2.75, 3.05) is 13.6 Å². The van der Waals surface area contributed by atoms with Crippen LogP contribution in [0.1, 0.15) is 19.4 Å². The third-order valence-corrected chi connectivity index (χ3v) is 3.66. The van der Waals surface area contributed by atoms with Crippen molar-refractivity contribution in [1.82, 2.24) is 4.90 Å². The molecular weight excluding hydrogens is 228 g/mol. The lowest BCUT2D eigenvalue weighted by Gasteiger charge is -2.35. The Hall–Kier alpha value is -1.55. The summed E-state index contributed by atoms with van der Waals surface area (Å²) in [5.41, 5.74) is 6.43. The van der Waals surface area contributed by atoms with Gasteiger partial charge in [-0.05, 0) is 25.5 Å². The number of nitrogens with two attached hydrogens (primary N) is 1. The fourth-order valence-electron chi connectivity index (χ4n) is 1.97. The number of benzene rings is 1. The standard InChI is InChI=1S/C14H20N2O2/c1-14(2,9-15)16(3)13(17)12-8-10-6-4-5-7-11(10)18-12/h4-7,12H,8-9,15H2,1-3H3. The summed E-state index contributed by atoms with van der Waals surface area (Å²) >= 11 is 0. The van der Waals surface area contributed by atoms with Gasteiger partial charge >= 0.3 is 0 Å². The van der Waals surface area contributed by atoms with Gasteiger partial charge in [-0.25, -0.2) is 0 Å². The van der Waals surface area contributed by atoms with Gasteiger partial charge in [0, 0.05) is 25.6 Å². The van der Waals surface area contributed by atoms with Crippen molar-refractivity contribution < 1.29 is 9.53 Å². The highest BCUT2D eigenvalue weighted by molar-refractivity contribution is 5.83. The van der Waals surface area contributed by atoms with Crippen molar-refractivity contribution in [3.63, 3.8) is 0 Å². The van der Waals surface area contributed by atoms with Gasteiger partial charge in [-0.2, -0.15) is 0 Å². The molecule has 1 unspecified atom stereocenters. The first-order chi connectivity index (χ1) is 8.45. The van der Waals surface area contributed by atoms with Gasteiger partial charge in [-0.3, -0.25) is 4.79 Å². The van der Waals surface area contributed by atoms with E-state index < -0.39 is 6.10 Å². The number of carbonyl (C=O) groups is 1. The average Bonchev–Trinajstić information content (AvgIpc) is 2.80. The Morgan fingerprint density at radius 2 is 2.17 bits per heavy atom. The molecule has 1 aliphatic heterocycles. The molecule has 0 aliphatic carbocycles.